The first-order chi connectivity index (χ1) is 9.75. The van der Waals surface area contributed by atoms with Crippen molar-refractivity contribution >= 4 is 64.0 Å². The van der Waals surface area contributed by atoms with Gasteiger partial charge in [-0.1, -0.05) is 23.2 Å². The normalized spacial score (nSPS) is 37.2. The Bertz CT molecular complexity index is 492. The Kier molecular flexibility index (Phi) is 5.03. The summed E-state index contributed by atoms with van der Waals surface area (Å²) in [6.07, 6.45) is 0.282. The number of carbonyl (C=O) groups excluding carboxylic acids is 1. The molecule has 4 nitrogen and oxygen atoms in total. The number of halogens is 5. The van der Waals surface area contributed by atoms with Crippen molar-refractivity contribution in [2.24, 2.45) is 5.92 Å². The lowest BCUT2D eigenvalue weighted by Crippen LogP contribution is -2.57. The van der Waals surface area contributed by atoms with Crippen molar-refractivity contribution in [1.29, 1.82) is 0 Å². The van der Waals surface area contributed by atoms with Crippen molar-refractivity contribution in [2.75, 3.05) is 26.7 Å². The molecule has 3 atom stereocenters. The molecular weight excluding hydrogens is 385 g/mol. The summed E-state index contributed by atoms with van der Waals surface area (Å²) < 4.78 is 16.0. The van der Waals surface area contributed by atoms with Crippen LogP contribution in [-0.4, -0.2) is 48.2 Å². The zero-order valence-corrected chi connectivity index (χ0v) is 15.0. The Morgan fingerprint density at radius 1 is 1.24 bits per heavy atom. The first kappa shape index (κ1) is 17.9. The summed E-state index contributed by atoms with van der Waals surface area (Å²) in [5.74, 6) is -2.69. The minimum Gasteiger partial charge on any atom is -0.464 e. The summed E-state index contributed by atoms with van der Waals surface area (Å²) in [7, 11) is 2.81. The van der Waals surface area contributed by atoms with Crippen LogP contribution in [0, 0.1) is 5.92 Å². The lowest BCUT2D eigenvalue weighted by Gasteiger charge is -2.41. The van der Waals surface area contributed by atoms with E-state index in [0.717, 1.165) is 0 Å². The van der Waals surface area contributed by atoms with Crippen LogP contribution in [-0.2, 0) is 19.0 Å². The third-order valence-corrected chi connectivity index (χ3v) is 6.93. The molecule has 1 fully saturated rings. The molecule has 0 aromatic heterocycles. The monoisotopic (exact) mass is 396 g/mol. The standard InChI is InChI=1S/C12H13Cl5O4/c1-19-12(20-2)10(16)3-6(5-21-7(18)4-13)11(12,17)9(15)8(10)14/h6H,3-5H2,1-2H3. The van der Waals surface area contributed by atoms with E-state index in [-0.39, 0.29) is 29.0 Å². The van der Waals surface area contributed by atoms with Gasteiger partial charge in [0.05, 0.1) is 16.7 Å². The summed E-state index contributed by atoms with van der Waals surface area (Å²) in [5.41, 5.74) is 0. The topological polar surface area (TPSA) is 44.8 Å². The number of carbonyl (C=O) groups is 1. The van der Waals surface area contributed by atoms with Gasteiger partial charge in [-0.3, -0.25) is 4.79 Å². The number of hydrogen-bond donors (Lipinski definition) is 0. The van der Waals surface area contributed by atoms with Crippen LogP contribution in [0.4, 0.5) is 0 Å². The Morgan fingerprint density at radius 3 is 2.24 bits per heavy atom. The summed E-state index contributed by atoms with van der Waals surface area (Å²) in [5, 5.41) is 0.326. The van der Waals surface area contributed by atoms with Crippen LogP contribution in [0.2, 0.25) is 0 Å². The largest absolute Gasteiger partial charge is 0.464 e. The molecule has 0 amide bonds. The average Bonchev–Trinajstić information content (AvgIpc) is 2.75. The van der Waals surface area contributed by atoms with Gasteiger partial charge in [0.15, 0.2) is 0 Å². The summed E-state index contributed by atoms with van der Waals surface area (Å²) in [6.45, 7) is -0.0155. The van der Waals surface area contributed by atoms with Gasteiger partial charge in [0.2, 0.25) is 5.79 Å². The van der Waals surface area contributed by atoms with Crippen molar-refractivity contribution in [1.82, 2.24) is 0 Å². The van der Waals surface area contributed by atoms with E-state index >= 15 is 0 Å². The van der Waals surface area contributed by atoms with Crippen molar-refractivity contribution in [3.05, 3.63) is 10.1 Å². The van der Waals surface area contributed by atoms with Crippen LogP contribution < -0.4 is 0 Å². The van der Waals surface area contributed by atoms with Gasteiger partial charge in [-0.25, -0.2) is 0 Å². The van der Waals surface area contributed by atoms with Crippen LogP contribution in [0.3, 0.4) is 0 Å². The first-order valence-corrected chi connectivity index (χ1v) is 8.05. The van der Waals surface area contributed by atoms with Gasteiger partial charge in [0.1, 0.15) is 15.6 Å². The molecular formula is C12H13Cl5O4. The van der Waals surface area contributed by atoms with Gasteiger partial charge in [-0.15, -0.1) is 34.8 Å². The highest BCUT2D eigenvalue weighted by molar-refractivity contribution is 6.52. The van der Waals surface area contributed by atoms with E-state index < -0.39 is 27.4 Å². The minimum absolute atomic E-state index is 0.0155. The van der Waals surface area contributed by atoms with Crippen molar-refractivity contribution in [3.63, 3.8) is 0 Å². The van der Waals surface area contributed by atoms with Crippen molar-refractivity contribution < 1.29 is 19.0 Å². The highest BCUT2D eigenvalue weighted by Gasteiger charge is 2.80. The van der Waals surface area contributed by atoms with Crippen molar-refractivity contribution in [2.45, 2.75) is 22.0 Å². The molecule has 0 radical (unpaired) electrons. The molecule has 2 bridgehead atoms. The van der Waals surface area contributed by atoms with E-state index in [9.17, 15) is 4.79 Å². The van der Waals surface area contributed by atoms with E-state index in [1.54, 1.807) is 0 Å². The van der Waals surface area contributed by atoms with E-state index in [1.807, 2.05) is 0 Å². The van der Waals surface area contributed by atoms with Crippen LogP contribution in [0.25, 0.3) is 0 Å². The third kappa shape index (κ3) is 2.07. The second kappa shape index (κ2) is 5.90. The molecule has 120 valence electrons. The minimum atomic E-state index is -1.45. The van der Waals surface area contributed by atoms with E-state index in [2.05, 4.69) is 0 Å². The fourth-order valence-electron chi connectivity index (χ4n) is 3.17. The number of rotatable bonds is 5. The van der Waals surface area contributed by atoms with E-state index in [0.29, 0.717) is 0 Å². The molecule has 3 unspecified atom stereocenters. The number of ether oxygens (including phenoxy) is 3. The highest BCUT2D eigenvalue weighted by Crippen LogP contribution is 2.71. The second-order valence-electron chi connectivity index (χ2n) is 4.88. The molecule has 0 spiro atoms. The molecule has 0 aliphatic heterocycles. The number of esters is 1. The van der Waals surface area contributed by atoms with Gasteiger partial charge in [-0.05, 0) is 6.42 Å². The van der Waals surface area contributed by atoms with E-state index in [1.165, 1.54) is 14.2 Å². The van der Waals surface area contributed by atoms with Crippen LogP contribution in [0.15, 0.2) is 10.1 Å². The quantitative estimate of drug-likeness (QED) is 0.404. The Morgan fingerprint density at radius 2 is 1.81 bits per heavy atom. The molecule has 0 saturated heterocycles. The summed E-state index contributed by atoms with van der Waals surface area (Å²) >= 11 is 31.2. The van der Waals surface area contributed by atoms with Crippen LogP contribution in [0.5, 0.6) is 0 Å². The Hall–Kier alpha value is 0.580. The first-order valence-electron chi connectivity index (χ1n) is 6.01. The van der Waals surface area contributed by atoms with Gasteiger partial charge in [0.25, 0.3) is 0 Å². The predicted molar refractivity (Wildman–Crippen MR) is 82.4 cm³/mol. The molecule has 21 heavy (non-hydrogen) atoms. The molecule has 2 rings (SSSR count). The molecule has 0 aromatic carbocycles. The maximum absolute atomic E-state index is 11.2. The second-order valence-corrected chi connectivity index (χ2v) is 7.15. The van der Waals surface area contributed by atoms with E-state index in [4.69, 9.17) is 72.2 Å². The van der Waals surface area contributed by atoms with Crippen LogP contribution >= 0.6 is 58.0 Å². The number of fused-ring (bicyclic) bond motifs is 2. The van der Waals surface area contributed by atoms with Gasteiger partial charge in [0, 0.05) is 20.1 Å². The number of alkyl halides is 3. The SMILES string of the molecule is COC1(OC)C2(Cl)CC(COC(=O)CCl)C1(Cl)C(Cl)=C2Cl. The molecule has 2 aliphatic carbocycles. The Labute approximate surface area is 147 Å². The van der Waals surface area contributed by atoms with Crippen LogP contribution in [0.1, 0.15) is 6.42 Å². The number of methoxy groups -OCH3 is 2. The molecule has 0 heterocycles. The van der Waals surface area contributed by atoms with Gasteiger partial charge < -0.3 is 14.2 Å². The number of hydrogen-bond acceptors (Lipinski definition) is 4. The fourth-order valence-corrected chi connectivity index (χ4v) is 5.32. The molecule has 1 saturated carbocycles. The fraction of sp³-hybridized carbons (Fsp3) is 0.750. The zero-order chi connectivity index (χ0) is 16.1. The van der Waals surface area contributed by atoms with Gasteiger partial charge in [-0.2, -0.15) is 0 Å². The van der Waals surface area contributed by atoms with Crippen molar-refractivity contribution in [3.8, 4) is 0 Å². The maximum atomic E-state index is 11.2. The lowest BCUT2D eigenvalue weighted by molar-refractivity contribution is -0.219. The third-order valence-electron chi connectivity index (χ3n) is 4.08. The average molecular weight is 398 g/mol. The van der Waals surface area contributed by atoms with Gasteiger partial charge >= 0.3 is 5.97 Å². The highest BCUT2D eigenvalue weighted by atomic mass is 35.5. The lowest BCUT2D eigenvalue weighted by atomic mass is 9.92. The molecule has 9 heteroatoms. The summed E-state index contributed by atoms with van der Waals surface area (Å²) in [4.78, 5) is 8.66. The summed E-state index contributed by atoms with van der Waals surface area (Å²) in [6, 6.07) is 0. The Balaban J connectivity index is 2.41. The molecule has 2 aliphatic rings. The maximum Gasteiger partial charge on any atom is 0.320 e. The molecule has 0 N–H and O–H groups in total. The molecule has 0 aromatic rings. The zero-order valence-electron chi connectivity index (χ0n) is 11.2. The smallest absolute Gasteiger partial charge is 0.320 e. The predicted octanol–water partition coefficient (Wildman–Crippen LogP) is 3.44.